The number of carbonyl (C=O) groups is 2. The van der Waals surface area contributed by atoms with Gasteiger partial charge in [0.2, 0.25) is 0 Å². The number of H-pyrrole nitrogens is 1. The topological polar surface area (TPSA) is 106 Å². The van der Waals surface area contributed by atoms with Crippen LogP contribution >= 0.6 is 0 Å². The number of pyridine rings is 1. The number of phenolic OH excluding ortho intramolecular Hbond substituents is 1. The fourth-order valence-corrected chi connectivity index (χ4v) is 4.03. The maximum absolute atomic E-state index is 12.9. The molecule has 0 spiro atoms. The van der Waals surface area contributed by atoms with E-state index in [1.54, 1.807) is 6.92 Å². The molecule has 0 saturated heterocycles. The minimum Gasteiger partial charge on any atom is -0.507 e. The highest BCUT2D eigenvalue weighted by atomic mass is 16.5. The Hall–Kier alpha value is -3.09. The van der Waals surface area contributed by atoms with Crippen LogP contribution in [0.4, 0.5) is 0 Å². The molecule has 0 unspecified atom stereocenters. The summed E-state index contributed by atoms with van der Waals surface area (Å²) in [5.41, 5.74) is 1.17. The summed E-state index contributed by atoms with van der Waals surface area (Å²) in [4.78, 5) is 40.4. The number of hydrogen-bond donors (Lipinski definition) is 2. The zero-order valence-electron chi connectivity index (χ0n) is 19.7. The third-order valence-corrected chi connectivity index (χ3v) is 5.66. The summed E-state index contributed by atoms with van der Waals surface area (Å²) in [7, 11) is 0. The monoisotopic (exact) mass is 441 g/mol. The van der Waals surface area contributed by atoms with Gasteiger partial charge in [0.05, 0.1) is 18.6 Å². The van der Waals surface area contributed by atoms with Crippen LogP contribution < -0.4 is 10.3 Å². The third kappa shape index (κ3) is 4.29. The van der Waals surface area contributed by atoms with Crippen molar-refractivity contribution in [1.29, 1.82) is 0 Å². The molecule has 0 radical (unpaired) electrons. The smallest absolute Gasteiger partial charge is 0.343 e. The first kappa shape index (κ1) is 23.6. The van der Waals surface area contributed by atoms with Crippen LogP contribution in [-0.2, 0) is 20.4 Å². The Bertz CT molecular complexity index is 1100. The zero-order valence-corrected chi connectivity index (χ0v) is 19.7. The first-order valence-electron chi connectivity index (χ1n) is 10.8. The van der Waals surface area contributed by atoms with E-state index in [0.29, 0.717) is 5.56 Å². The van der Waals surface area contributed by atoms with E-state index < -0.39 is 23.4 Å². The Morgan fingerprint density at radius 1 is 1.12 bits per heavy atom. The van der Waals surface area contributed by atoms with Crippen LogP contribution in [0.3, 0.4) is 0 Å². The molecule has 7 heteroatoms. The van der Waals surface area contributed by atoms with Gasteiger partial charge in [0.15, 0.2) is 5.75 Å². The van der Waals surface area contributed by atoms with Gasteiger partial charge >= 0.3 is 11.9 Å². The van der Waals surface area contributed by atoms with Gasteiger partial charge in [-0.3, -0.25) is 9.59 Å². The number of benzene rings is 1. The van der Waals surface area contributed by atoms with Gasteiger partial charge in [0.1, 0.15) is 11.3 Å². The number of hydrogen-bond acceptors (Lipinski definition) is 6. The van der Waals surface area contributed by atoms with Crippen molar-refractivity contribution in [3.63, 3.8) is 0 Å². The number of phenols is 1. The number of rotatable bonds is 3. The lowest BCUT2D eigenvalue weighted by atomic mass is 9.75. The van der Waals surface area contributed by atoms with Gasteiger partial charge in [-0.15, -0.1) is 0 Å². The molecule has 1 atom stereocenters. The SMILES string of the molecule is CCOC(=O)c1c[nH]c(=O)c2c1OC(=O)C[C@H]2c1cc(C(C)(C)C)c(O)c(C(C)(C)C)c1. The molecule has 1 aromatic heterocycles. The van der Waals surface area contributed by atoms with Gasteiger partial charge < -0.3 is 19.6 Å². The van der Waals surface area contributed by atoms with E-state index in [1.807, 2.05) is 53.7 Å². The minimum absolute atomic E-state index is 0.00497. The number of fused-ring (bicyclic) bond motifs is 1. The molecule has 172 valence electrons. The molecule has 3 rings (SSSR count). The summed E-state index contributed by atoms with van der Waals surface area (Å²) >= 11 is 0. The van der Waals surface area contributed by atoms with Crippen LogP contribution in [0.2, 0.25) is 0 Å². The van der Waals surface area contributed by atoms with E-state index in [1.165, 1.54) is 6.20 Å². The predicted molar refractivity (Wildman–Crippen MR) is 121 cm³/mol. The van der Waals surface area contributed by atoms with Crippen LogP contribution in [0, 0.1) is 0 Å². The molecule has 2 heterocycles. The second-order valence-electron chi connectivity index (χ2n) is 10.2. The van der Waals surface area contributed by atoms with Crippen molar-refractivity contribution >= 4 is 11.9 Å². The van der Waals surface area contributed by atoms with Crippen LogP contribution in [0.15, 0.2) is 23.1 Å². The lowest BCUT2D eigenvalue weighted by Gasteiger charge is -2.31. The summed E-state index contributed by atoms with van der Waals surface area (Å²) in [6.07, 6.45) is 1.16. The molecular weight excluding hydrogens is 410 g/mol. The summed E-state index contributed by atoms with van der Waals surface area (Å²) in [5.74, 6) is -1.70. The van der Waals surface area contributed by atoms with E-state index in [4.69, 9.17) is 9.47 Å². The van der Waals surface area contributed by atoms with Crippen LogP contribution in [0.5, 0.6) is 11.5 Å². The van der Waals surface area contributed by atoms with E-state index in [-0.39, 0.29) is 46.5 Å². The van der Waals surface area contributed by atoms with Crippen molar-refractivity contribution < 1.29 is 24.2 Å². The largest absolute Gasteiger partial charge is 0.507 e. The molecule has 1 aliphatic heterocycles. The van der Waals surface area contributed by atoms with Crippen LogP contribution in [-0.4, -0.2) is 28.6 Å². The second-order valence-corrected chi connectivity index (χ2v) is 10.2. The van der Waals surface area contributed by atoms with Gasteiger partial charge in [-0.1, -0.05) is 53.7 Å². The van der Waals surface area contributed by atoms with Crippen molar-refractivity contribution in [2.45, 2.75) is 71.6 Å². The van der Waals surface area contributed by atoms with Gasteiger partial charge in [-0.05, 0) is 34.4 Å². The van der Waals surface area contributed by atoms with Gasteiger partial charge in [0.25, 0.3) is 5.56 Å². The molecule has 32 heavy (non-hydrogen) atoms. The zero-order chi connectivity index (χ0) is 24.0. The highest BCUT2D eigenvalue weighted by molar-refractivity contribution is 5.94. The molecule has 0 saturated carbocycles. The van der Waals surface area contributed by atoms with Crippen molar-refractivity contribution in [3.8, 4) is 11.5 Å². The van der Waals surface area contributed by atoms with E-state index in [0.717, 1.165) is 11.1 Å². The second kappa shape index (κ2) is 8.11. The number of aromatic hydroxyl groups is 1. The maximum Gasteiger partial charge on any atom is 0.343 e. The lowest BCUT2D eigenvalue weighted by molar-refractivity contribution is -0.135. The fourth-order valence-electron chi connectivity index (χ4n) is 4.03. The number of aromatic amines is 1. The summed E-state index contributed by atoms with van der Waals surface area (Å²) in [6, 6.07) is 3.68. The Morgan fingerprint density at radius 2 is 1.69 bits per heavy atom. The molecule has 0 bridgehead atoms. The molecule has 1 aromatic carbocycles. The predicted octanol–water partition coefficient (Wildman–Crippen LogP) is 4.29. The highest BCUT2D eigenvalue weighted by Gasteiger charge is 2.37. The number of esters is 2. The number of ether oxygens (including phenoxy) is 2. The first-order chi connectivity index (χ1) is 14.8. The molecule has 7 nitrogen and oxygen atoms in total. The van der Waals surface area contributed by atoms with E-state index in [2.05, 4.69) is 4.98 Å². The first-order valence-corrected chi connectivity index (χ1v) is 10.8. The third-order valence-electron chi connectivity index (χ3n) is 5.66. The van der Waals surface area contributed by atoms with Crippen LogP contribution in [0.25, 0.3) is 0 Å². The normalized spacial score (nSPS) is 16.3. The molecule has 0 aliphatic carbocycles. The average Bonchev–Trinajstić information content (AvgIpc) is 2.66. The average molecular weight is 442 g/mol. The highest BCUT2D eigenvalue weighted by Crippen LogP contribution is 2.45. The fraction of sp³-hybridized carbons (Fsp3) is 0.480. The Balaban J connectivity index is 2.31. The van der Waals surface area contributed by atoms with Crippen molar-refractivity contribution in [2.24, 2.45) is 0 Å². The summed E-state index contributed by atoms with van der Waals surface area (Å²) in [5, 5.41) is 11.0. The van der Waals surface area contributed by atoms with Gasteiger partial charge in [-0.2, -0.15) is 0 Å². The molecule has 0 fully saturated rings. The minimum atomic E-state index is -0.676. The van der Waals surface area contributed by atoms with Crippen molar-refractivity contribution in [2.75, 3.05) is 6.61 Å². The quantitative estimate of drug-likeness (QED) is 0.688. The Labute approximate surface area is 187 Å². The van der Waals surface area contributed by atoms with E-state index >= 15 is 0 Å². The van der Waals surface area contributed by atoms with Gasteiger partial charge in [0, 0.05) is 12.1 Å². The summed E-state index contributed by atoms with van der Waals surface area (Å²) < 4.78 is 10.4. The Morgan fingerprint density at radius 3 is 2.19 bits per heavy atom. The molecule has 2 N–H and O–H groups in total. The molecule has 0 amide bonds. The maximum atomic E-state index is 12.9. The van der Waals surface area contributed by atoms with Gasteiger partial charge in [-0.25, -0.2) is 4.79 Å². The molecular formula is C25H31NO6. The number of aromatic nitrogens is 1. The molecule has 1 aliphatic rings. The Kier molecular flexibility index (Phi) is 5.98. The lowest BCUT2D eigenvalue weighted by Crippen LogP contribution is -2.30. The van der Waals surface area contributed by atoms with Crippen molar-refractivity contribution in [3.05, 3.63) is 56.5 Å². The number of nitrogens with one attached hydrogen (secondary N) is 1. The standard InChI is InChI=1S/C25H31NO6/c1-8-31-23(30)15-12-26-22(29)19-14(11-18(27)32-21(15)19)13-9-16(24(2,3)4)20(28)17(10-13)25(5,6)7/h9-10,12,14,28H,8,11H2,1-7H3,(H,26,29)/t14-/m0/s1. The van der Waals surface area contributed by atoms with Crippen LogP contribution in [0.1, 0.15) is 93.4 Å². The van der Waals surface area contributed by atoms with E-state index in [9.17, 15) is 19.5 Å². The number of carbonyl (C=O) groups excluding carboxylic acids is 2. The summed E-state index contributed by atoms with van der Waals surface area (Å²) in [6.45, 7) is 13.8. The van der Waals surface area contributed by atoms with Crippen molar-refractivity contribution in [1.82, 2.24) is 4.98 Å². The molecule has 2 aromatic rings.